The number of nitrogens with zero attached hydrogens (tertiary/aromatic N) is 6. The second kappa shape index (κ2) is 8.21. The van der Waals surface area contributed by atoms with E-state index in [-0.39, 0.29) is 24.4 Å². The van der Waals surface area contributed by atoms with Gasteiger partial charge in [0, 0.05) is 17.8 Å². The van der Waals surface area contributed by atoms with Crippen LogP contribution in [0.25, 0.3) is 5.69 Å². The molecule has 1 saturated carbocycles. The second-order valence-electron chi connectivity index (χ2n) is 7.19. The van der Waals surface area contributed by atoms with Gasteiger partial charge in [-0.3, -0.25) is 14.3 Å². The minimum Gasteiger partial charge on any atom is -0.352 e. The van der Waals surface area contributed by atoms with Gasteiger partial charge in [0.2, 0.25) is 5.91 Å². The number of carbonyl (C=O) groups excluding carboxylic acids is 2. The summed E-state index contributed by atoms with van der Waals surface area (Å²) in [5.74, 6) is -0.321. The Bertz CT molecular complexity index is 1010. The molecule has 10 heteroatoms. The number of benzene rings is 1. The maximum Gasteiger partial charge on any atom is 0.255 e. The molecule has 0 unspecified atom stereocenters. The first kappa shape index (κ1) is 18.8. The largest absolute Gasteiger partial charge is 0.352 e. The second-order valence-corrected chi connectivity index (χ2v) is 7.19. The molecule has 0 saturated heterocycles. The van der Waals surface area contributed by atoms with E-state index in [2.05, 4.69) is 31.3 Å². The minimum absolute atomic E-state index is 0.0632. The minimum atomic E-state index is -0.258. The van der Waals surface area contributed by atoms with Crippen molar-refractivity contribution in [2.24, 2.45) is 0 Å². The summed E-state index contributed by atoms with van der Waals surface area (Å²) in [4.78, 5) is 24.7. The van der Waals surface area contributed by atoms with E-state index >= 15 is 0 Å². The van der Waals surface area contributed by atoms with E-state index in [1.165, 1.54) is 34.7 Å². The number of aryl methyl sites for hydroxylation is 1. The van der Waals surface area contributed by atoms with E-state index in [9.17, 15) is 9.59 Å². The molecule has 0 bridgehead atoms. The maximum atomic E-state index is 12.6. The third kappa shape index (κ3) is 4.48. The Kier molecular flexibility index (Phi) is 5.32. The van der Waals surface area contributed by atoms with Gasteiger partial charge in [0.15, 0.2) is 0 Å². The molecule has 29 heavy (non-hydrogen) atoms. The highest BCUT2D eigenvalue weighted by atomic mass is 16.2. The SMILES string of the molecule is Cc1cc(C(=O)Nc2cnn(CC(=O)NC3CCCC3)c2)ccc1-n1cnnn1. The summed E-state index contributed by atoms with van der Waals surface area (Å²) in [5.41, 5.74) is 2.70. The zero-order valence-electron chi connectivity index (χ0n) is 16.1. The van der Waals surface area contributed by atoms with Gasteiger partial charge < -0.3 is 10.6 Å². The van der Waals surface area contributed by atoms with Gasteiger partial charge in [-0.25, -0.2) is 4.68 Å². The molecule has 1 aromatic carbocycles. The number of hydrogen-bond acceptors (Lipinski definition) is 6. The zero-order valence-corrected chi connectivity index (χ0v) is 16.1. The van der Waals surface area contributed by atoms with Crippen molar-refractivity contribution in [2.75, 3.05) is 5.32 Å². The molecule has 2 heterocycles. The summed E-state index contributed by atoms with van der Waals surface area (Å²) in [6, 6.07) is 5.54. The van der Waals surface area contributed by atoms with Gasteiger partial charge in [-0.2, -0.15) is 5.10 Å². The van der Waals surface area contributed by atoms with Crippen LogP contribution in [-0.4, -0.2) is 47.8 Å². The molecule has 0 aliphatic heterocycles. The van der Waals surface area contributed by atoms with E-state index in [0.29, 0.717) is 11.3 Å². The van der Waals surface area contributed by atoms with E-state index in [4.69, 9.17) is 0 Å². The van der Waals surface area contributed by atoms with Crippen molar-refractivity contribution < 1.29 is 9.59 Å². The van der Waals surface area contributed by atoms with Crippen LogP contribution in [0, 0.1) is 6.92 Å². The van der Waals surface area contributed by atoms with Crippen LogP contribution in [0.15, 0.2) is 36.9 Å². The number of anilines is 1. The Hall–Kier alpha value is -3.56. The molecule has 1 aliphatic rings. The van der Waals surface area contributed by atoms with Crippen LogP contribution in [0.1, 0.15) is 41.6 Å². The number of nitrogens with one attached hydrogen (secondary N) is 2. The summed E-state index contributed by atoms with van der Waals surface area (Å²) in [6.07, 6.45) is 9.09. The first-order valence-electron chi connectivity index (χ1n) is 9.55. The normalized spacial score (nSPS) is 14.1. The Morgan fingerprint density at radius 3 is 2.79 bits per heavy atom. The zero-order chi connectivity index (χ0) is 20.2. The molecule has 150 valence electrons. The quantitative estimate of drug-likeness (QED) is 0.653. The molecule has 1 fully saturated rings. The van der Waals surface area contributed by atoms with Gasteiger partial charge in [0.05, 0.1) is 17.6 Å². The van der Waals surface area contributed by atoms with Gasteiger partial charge in [-0.05, 0) is 54.0 Å². The summed E-state index contributed by atoms with van der Waals surface area (Å²) in [7, 11) is 0. The molecule has 0 radical (unpaired) electrons. The molecule has 0 spiro atoms. The molecule has 10 nitrogen and oxygen atoms in total. The molecule has 1 aliphatic carbocycles. The monoisotopic (exact) mass is 394 g/mol. The van der Waals surface area contributed by atoms with Crippen molar-refractivity contribution in [3.8, 4) is 5.69 Å². The molecular weight excluding hydrogens is 372 g/mol. The van der Waals surface area contributed by atoms with Crippen molar-refractivity contribution >= 4 is 17.5 Å². The highest BCUT2D eigenvalue weighted by molar-refractivity contribution is 6.04. The lowest BCUT2D eigenvalue weighted by Gasteiger charge is -2.11. The Morgan fingerprint density at radius 2 is 2.07 bits per heavy atom. The summed E-state index contributed by atoms with van der Waals surface area (Å²) in [5, 5.41) is 21.1. The molecule has 3 aromatic rings. The standard InChI is InChI=1S/C19H22N8O2/c1-13-8-14(6-7-17(13)27-12-20-24-25-27)19(29)23-16-9-21-26(10-16)11-18(28)22-15-4-2-3-5-15/h6-10,12,15H,2-5,11H2,1H3,(H,22,28)(H,23,29). The van der Waals surface area contributed by atoms with Crippen LogP contribution in [0.3, 0.4) is 0 Å². The van der Waals surface area contributed by atoms with Gasteiger partial charge in [0.25, 0.3) is 5.91 Å². The third-order valence-corrected chi connectivity index (χ3v) is 4.97. The van der Waals surface area contributed by atoms with Crippen LogP contribution in [0.5, 0.6) is 0 Å². The molecule has 4 rings (SSSR count). The number of rotatable bonds is 6. The van der Waals surface area contributed by atoms with Crippen molar-refractivity contribution in [3.05, 3.63) is 48.0 Å². The summed E-state index contributed by atoms with van der Waals surface area (Å²) >= 11 is 0. The average molecular weight is 394 g/mol. The van der Waals surface area contributed by atoms with Crippen LogP contribution < -0.4 is 10.6 Å². The predicted molar refractivity (Wildman–Crippen MR) is 104 cm³/mol. The van der Waals surface area contributed by atoms with E-state index in [1.54, 1.807) is 24.4 Å². The van der Waals surface area contributed by atoms with E-state index in [1.807, 2.05) is 6.92 Å². The molecule has 2 aromatic heterocycles. The topological polar surface area (TPSA) is 120 Å². The summed E-state index contributed by atoms with van der Waals surface area (Å²) < 4.78 is 3.06. The fraction of sp³-hybridized carbons (Fsp3) is 0.368. The van der Waals surface area contributed by atoms with Crippen LogP contribution >= 0.6 is 0 Å². The number of carbonyl (C=O) groups is 2. The fourth-order valence-corrected chi connectivity index (χ4v) is 3.53. The first-order valence-corrected chi connectivity index (χ1v) is 9.55. The van der Waals surface area contributed by atoms with Gasteiger partial charge in [-0.15, -0.1) is 5.10 Å². The molecule has 2 amide bonds. The van der Waals surface area contributed by atoms with Crippen molar-refractivity contribution in [1.82, 2.24) is 35.3 Å². The predicted octanol–water partition coefficient (Wildman–Crippen LogP) is 1.48. The van der Waals surface area contributed by atoms with Crippen LogP contribution in [0.4, 0.5) is 5.69 Å². The Labute approximate surface area is 167 Å². The van der Waals surface area contributed by atoms with Gasteiger partial charge in [0.1, 0.15) is 12.9 Å². The highest BCUT2D eigenvalue weighted by Crippen LogP contribution is 2.18. The van der Waals surface area contributed by atoms with Gasteiger partial charge >= 0.3 is 0 Å². The Balaban J connectivity index is 1.36. The van der Waals surface area contributed by atoms with Crippen LogP contribution in [0.2, 0.25) is 0 Å². The third-order valence-electron chi connectivity index (χ3n) is 4.97. The van der Waals surface area contributed by atoms with Crippen molar-refractivity contribution in [3.63, 3.8) is 0 Å². The fourth-order valence-electron chi connectivity index (χ4n) is 3.53. The maximum absolute atomic E-state index is 12.6. The number of hydrogen-bond donors (Lipinski definition) is 2. The molecule has 0 atom stereocenters. The number of aromatic nitrogens is 6. The lowest BCUT2D eigenvalue weighted by molar-refractivity contribution is -0.122. The first-order chi connectivity index (χ1) is 14.1. The van der Waals surface area contributed by atoms with Crippen LogP contribution in [-0.2, 0) is 11.3 Å². The smallest absolute Gasteiger partial charge is 0.255 e. The van der Waals surface area contributed by atoms with E-state index < -0.39 is 0 Å². The van der Waals surface area contributed by atoms with Crippen molar-refractivity contribution in [1.29, 1.82) is 0 Å². The number of tetrazole rings is 1. The van der Waals surface area contributed by atoms with Crippen molar-refractivity contribution in [2.45, 2.75) is 45.2 Å². The van der Waals surface area contributed by atoms with Gasteiger partial charge in [-0.1, -0.05) is 12.8 Å². The number of amides is 2. The molecule has 2 N–H and O–H groups in total. The molecular formula is C19H22N8O2. The van der Waals surface area contributed by atoms with E-state index in [0.717, 1.165) is 24.1 Å². The lowest BCUT2D eigenvalue weighted by Crippen LogP contribution is -2.35. The lowest BCUT2D eigenvalue weighted by atomic mass is 10.1. The average Bonchev–Trinajstić information content (AvgIpc) is 3.45. The Morgan fingerprint density at radius 1 is 1.24 bits per heavy atom. The highest BCUT2D eigenvalue weighted by Gasteiger charge is 2.17. The summed E-state index contributed by atoms with van der Waals surface area (Å²) in [6.45, 7) is 2.01.